The van der Waals surface area contributed by atoms with Gasteiger partial charge in [0.25, 0.3) is 0 Å². The Kier molecular flexibility index (Phi) is 25.8. The van der Waals surface area contributed by atoms with Gasteiger partial charge in [0, 0.05) is 12.4 Å². The van der Waals surface area contributed by atoms with E-state index >= 15 is 0 Å². The van der Waals surface area contributed by atoms with Crippen molar-refractivity contribution in [2.75, 3.05) is 0 Å². The molecule has 0 fully saturated rings. The van der Waals surface area contributed by atoms with Crippen LogP contribution in [0.1, 0.15) is 144 Å². The zero-order valence-electron chi connectivity index (χ0n) is 34.0. The fourth-order valence-corrected chi connectivity index (χ4v) is 6.57. The zero-order chi connectivity index (χ0) is 36.1. The van der Waals surface area contributed by atoms with E-state index in [-0.39, 0.29) is 102 Å². The third-order valence-corrected chi connectivity index (χ3v) is 9.57. The monoisotopic (exact) mass is 1100 g/mol. The van der Waals surface area contributed by atoms with Crippen molar-refractivity contribution in [1.82, 2.24) is 9.97 Å². The molecule has 5 rings (SSSR count). The second-order valence-electron chi connectivity index (χ2n) is 15.0. The number of aliphatic imine (C=N–C) groups is 2. The minimum Gasteiger partial charge on any atom is -1.00 e. The molecular formula is C46H54Br4Cu2N4. The molecule has 3 aromatic carbocycles. The molecule has 0 spiro atoms. The first kappa shape index (κ1) is 56.4. The van der Waals surface area contributed by atoms with Gasteiger partial charge < -0.3 is 67.9 Å². The van der Waals surface area contributed by atoms with E-state index < -0.39 is 0 Å². The number of pyridine rings is 2. The third kappa shape index (κ3) is 13.7. The predicted octanol–water partition coefficient (Wildman–Crippen LogP) is 1.25. The van der Waals surface area contributed by atoms with Crippen molar-refractivity contribution in [2.45, 2.75) is 106 Å². The van der Waals surface area contributed by atoms with Crippen molar-refractivity contribution < 1.29 is 102 Å². The maximum absolute atomic E-state index is 5.08. The van der Waals surface area contributed by atoms with Gasteiger partial charge in [-0.15, -0.1) is 0 Å². The number of hydrogen-bond donors (Lipinski definition) is 0. The molecule has 4 nitrogen and oxygen atoms in total. The van der Waals surface area contributed by atoms with E-state index in [1.807, 2.05) is 61.2 Å². The summed E-state index contributed by atoms with van der Waals surface area (Å²) >= 11 is 0. The molecular weight excluding hydrogens is 1060 g/mol. The first-order chi connectivity index (χ1) is 23.8. The van der Waals surface area contributed by atoms with Gasteiger partial charge in [-0.25, -0.2) is 0 Å². The summed E-state index contributed by atoms with van der Waals surface area (Å²) in [6.45, 7) is 25.0. The van der Waals surface area contributed by atoms with Crippen molar-refractivity contribution >= 4 is 23.8 Å². The van der Waals surface area contributed by atoms with Crippen LogP contribution in [-0.2, 0) is 34.1 Å². The van der Waals surface area contributed by atoms with Crippen LogP contribution in [0.15, 0.2) is 95.2 Å². The topological polar surface area (TPSA) is 50.5 Å². The van der Waals surface area contributed by atoms with Crippen LogP contribution in [0.4, 0.5) is 11.4 Å². The van der Waals surface area contributed by atoms with Gasteiger partial charge >= 0.3 is 34.1 Å². The number of hydrogen-bond acceptors (Lipinski definition) is 4. The van der Waals surface area contributed by atoms with Crippen molar-refractivity contribution in [3.8, 4) is 22.3 Å². The molecule has 2 aromatic heterocycles. The van der Waals surface area contributed by atoms with E-state index in [1.165, 1.54) is 55.6 Å². The molecule has 0 aliphatic carbocycles. The quantitative estimate of drug-likeness (QED) is 0.148. The van der Waals surface area contributed by atoms with Gasteiger partial charge in [0.05, 0.1) is 35.2 Å². The molecule has 0 atom stereocenters. The van der Waals surface area contributed by atoms with E-state index in [0.717, 1.165) is 22.8 Å². The van der Waals surface area contributed by atoms with Crippen molar-refractivity contribution in [1.29, 1.82) is 0 Å². The molecule has 0 bridgehead atoms. The van der Waals surface area contributed by atoms with Gasteiger partial charge in [-0.2, -0.15) is 0 Å². The largest absolute Gasteiger partial charge is 2.00 e. The summed E-state index contributed by atoms with van der Waals surface area (Å²) in [6.07, 6.45) is 7.43. The molecule has 0 unspecified atom stereocenters. The van der Waals surface area contributed by atoms with Gasteiger partial charge in [0.2, 0.25) is 0 Å². The van der Waals surface area contributed by atoms with Crippen LogP contribution in [0.25, 0.3) is 22.3 Å². The number of halogens is 4. The Morgan fingerprint density at radius 1 is 0.464 bits per heavy atom. The van der Waals surface area contributed by atoms with Crippen LogP contribution in [0, 0.1) is 6.92 Å². The van der Waals surface area contributed by atoms with E-state index in [1.54, 1.807) is 0 Å². The van der Waals surface area contributed by atoms with Gasteiger partial charge in [-0.3, -0.25) is 20.0 Å². The molecule has 308 valence electrons. The molecule has 10 heteroatoms. The van der Waals surface area contributed by atoms with Crippen LogP contribution < -0.4 is 67.9 Å². The molecule has 0 aliphatic rings. The zero-order valence-corrected chi connectivity index (χ0v) is 42.3. The fourth-order valence-electron chi connectivity index (χ4n) is 6.57. The minimum atomic E-state index is 0. The standard InChI is InChI=1S/C46H54N4.4BrH.2Cu/c1-28(2)34-20-43(35-22-39(29(3)4)45(40(23-35)30(5)6)49-26-37-16-12-14-18-47-37)33(11)44(21-34)36-24-41(31(7)8)46(42(25-36)32(9)10)50-27-38-17-13-15-19-48-38;;;;;;/h12-32H,1-11H3;4*1H;;/q;;;;;2*+2/p-4. The first-order valence-electron chi connectivity index (χ1n) is 18.3. The van der Waals surface area contributed by atoms with Crippen molar-refractivity contribution in [3.05, 3.63) is 130 Å². The van der Waals surface area contributed by atoms with Gasteiger partial charge in [0.15, 0.2) is 0 Å². The molecule has 0 amide bonds. The SMILES string of the molecule is Cc1c(-c2cc(C(C)C)c(N=Cc3ccccn3)c(C(C)C)c2)cc(C(C)C)cc1-c1cc(C(C)C)c(N=Cc2ccccn2)c(C(C)C)c1.[Br-].[Br-].[Br-].[Br-].[Cu+2].[Cu+2]. The Bertz CT molecular complexity index is 1820. The van der Waals surface area contributed by atoms with E-state index in [0.29, 0.717) is 29.6 Å². The minimum absolute atomic E-state index is 0. The van der Waals surface area contributed by atoms with E-state index in [9.17, 15) is 0 Å². The summed E-state index contributed by atoms with van der Waals surface area (Å²) in [7, 11) is 0. The molecule has 0 saturated carbocycles. The maximum atomic E-state index is 5.08. The Balaban J connectivity index is 0. The molecule has 0 saturated heterocycles. The third-order valence-electron chi connectivity index (χ3n) is 9.57. The van der Waals surface area contributed by atoms with Crippen molar-refractivity contribution in [3.63, 3.8) is 0 Å². The fraction of sp³-hybridized carbons (Fsp3) is 0.348. The second-order valence-corrected chi connectivity index (χ2v) is 15.0. The number of rotatable bonds is 11. The number of aromatic nitrogens is 2. The Morgan fingerprint density at radius 3 is 1.04 bits per heavy atom. The number of nitrogens with zero attached hydrogens (tertiary/aromatic N) is 4. The van der Waals surface area contributed by atoms with Gasteiger partial charge in [0.1, 0.15) is 0 Å². The maximum Gasteiger partial charge on any atom is 2.00 e. The average Bonchev–Trinajstić information content (AvgIpc) is 3.09. The summed E-state index contributed by atoms with van der Waals surface area (Å²) in [4.78, 5) is 19.1. The normalized spacial score (nSPS) is 10.9. The van der Waals surface area contributed by atoms with Crippen molar-refractivity contribution in [2.24, 2.45) is 9.98 Å². The summed E-state index contributed by atoms with van der Waals surface area (Å²) in [6, 6.07) is 26.2. The predicted molar refractivity (Wildman–Crippen MR) is 215 cm³/mol. The van der Waals surface area contributed by atoms with E-state index in [2.05, 4.69) is 123 Å². The van der Waals surface area contributed by atoms with Crippen LogP contribution in [0.3, 0.4) is 0 Å². The van der Waals surface area contributed by atoms with Crippen LogP contribution in [0.2, 0.25) is 0 Å². The van der Waals surface area contributed by atoms with Crippen LogP contribution >= 0.6 is 0 Å². The molecule has 2 heterocycles. The summed E-state index contributed by atoms with van der Waals surface area (Å²) in [5, 5.41) is 0. The average molecular weight is 1110 g/mol. The Morgan fingerprint density at radius 2 is 0.786 bits per heavy atom. The summed E-state index contributed by atoms with van der Waals surface area (Å²) in [5.74, 6) is 1.59. The smallest absolute Gasteiger partial charge is 1.00 e. The molecule has 0 aliphatic heterocycles. The Labute approximate surface area is 400 Å². The first-order valence-corrected chi connectivity index (χ1v) is 18.3. The number of benzene rings is 3. The Hall–Kier alpha value is -1.74. The van der Waals surface area contributed by atoms with Gasteiger partial charge in [-0.05, 0) is 141 Å². The second kappa shape index (κ2) is 25.7. The molecule has 5 aromatic rings. The molecule has 2 radical (unpaired) electrons. The molecule has 0 N–H and O–H groups in total. The van der Waals surface area contributed by atoms with Crippen LogP contribution in [0.5, 0.6) is 0 Å². The van der Waals surface area contributed by atoms with Crippen LogP contribution in [-0.4, -0.2) is 22.4 Å². The molecule has 56 heavy (non-hydrogen) atoms. The summed E-state index contributed by atoms with van der Waals surface area (Å²) in [5.41, 5.74) is 16.6. The van der Waals surface area contributed by atoms with Gasteiger partial charge in [-0.1, -0.05) is 93.5 Å². The summed E-state index contributed by atoms with van der Waals surface area (Å²) < 4.78 is 0. The van der Waals surface area contributed by atoms with E-state index in [4.69, 9.17) is 9.98 Å².